The van der Waals surface area contributed by atoms with Gasteiger partial charge in [-0.2, -0.15) is 0 Å². The van der Waals surface area contributed by atoms with E-state index >= 15 is 0 Å². The summed E-state index contributed by atoms with van der Waals surface area (Å²) in [5, 5.41) is 23.1. The van der Waals surface area contributed by atoms with Crippen LogP contribution >= 0.6 is 0 Å². The highest BCUT2D eigenvalue weighted by Gasteiger charge is 2.17. The Morgan fingerprint density at radius 2 is 2.15 bits per heavy atom. The third kappa shape index (κ3) is 3.00. The van der Waals surface area contributed by atoms with E-state index in [4.69, 9.17) is 0 Å². The van der Waals surface area contributed by atoms with Gasteiger partial charge in [0.15, 0.2) is 0 Å². The smallest absolute Gasteiger partial charge is 0.296 e. The number of anilines is 1. The monoisotopic (exact) mass is 277 g/mol. The van der Waals surface area contributed by atoms with Crippen LogP contribution in [0.25, 0.3) is 0 Å². The number of rotatable bonds is 4. The number of hydrogen-bond acceptors (Lipinski definition) is 5. The van der Waals surface area contributed by atoms with Crippen molar-refractivity contribution in [1.29, 1.82) is 0 Å². The highest BCUT2D eigenvalue weighted by molar-refractivity contribution is 5.64. The lowest BCUT2D eigenvalue weighted by Crippen LogP contribution is -2.09. The average Bonchev–Trinajstić information content (AvgIpc) is 2.41. The summed E-state index contributed by atoms with van der Waals surface area (Å²) >= 11 is 0. The van der Waals surface area contributed by atoms with Gasteiger partial charge in [-0.05, 0) is 31.2 Å². The number of aromatic hydroxyl groups is 1. The first kappa shape index (κ1) is 13.7. The molecule has 0 aliphatic heterocycles. The first-order valence-corrected chi connectivity index (χ1v) is 5.83. The third-order valence-corrected chi connectivity index (χ3v) is 2.74. The van der Waals surface area contributed by atoms with E-state index in [0.717, 1.165) is 12.3 Å². The molecule has 20 heavy (non-hydrogen) atoms. The van der Waals surface area contributed by atoms with Gasteiger partial charge in [0.1, 0.15) is 17.3 Å². The fourth-order valence-electron chi connectivity index (χ4n) is 1.74. The van der Waals surface area contributed by atoms with Gasteiger partial charge < -0.3 is 10.4 Å². The van der Waals surface area contributed by atoms with Crippen molar-refractivity contribution < 1.29 is 14.4 Å². The molecule has 1 aromatic carbocycles. The summed E-state index contributed by atoms with van der Waals surface area (Å²) < 4.78 is 12.8. The van der Waals surface area contributed by atoms with Crippen LogP contribution < -0.4 is 5.32 Å². The summed E-state index contributed by atoms with van der Waals surface area (Å²) in [7, 11) is 0. The van der Waals surface area contributed by atoms with Crippen LogP contribution in [0.3, 0.4) is 0 Å². The van der Waals surface area contributed by atoms with E-state index in [1.54, 1.807) is 6.92 Å². The number of halogens is 1. The Labute approximate surface area is 114 Å². The molecule has 1 atom stereocenters. The number of hydrogen-bond donors (Lipinski definition) is 2. The minimum Gasteiger partial charge on any atom is -0.508 e. The van der Waals surface area contributed by atoms with E-state index in [0.29, 0.717) is 5.69 Å². The van der Waals surface area contributed by atoms with E-state index in [9.17, 15) is 19.6 Å². The molecule has 0 spiro atoms. The number of phenols is 1. The molecule has 1 heterocycles. The second kappa shape index (κ2) is 5.52. The van der Waals surface area contributed by atoms with Gasteiger partial charge in [-0.15, -0.1) is 0 Å². The average molecular weight is 277 g/mol. The Morgan fingerprint density at radius 3 is 2.75 bits per heavy atom. The molecule has 0 aliphatic rings. The molecule has 104 valence electrons. The molecule has 0 bridgehead atoms. The third-order valence-electron chi connectivity index (χ3n) is 2.74. The van der Waals surface area contributed by atoms with Crippen molar-refractivity contribution >= 4 is 11.4 Å². The Hall–Kier alpha value is -2.70. The van der Waals surface area contributed by atoms with E-state index in [1.807, 2.05) is 0 Å². The van der Waals surface area contributed by atoms with E-state index in [1.165, 1.54) is 24.3 Å². The molecule has 0 radical (unpaired) electrons. The Morgan fingerprint density at radius 1 is 1.40 bits per heavy atom. The van der Waals surface area contributed by atoms with E-state index in [2.05, 4.69) is 10.3 Å². The van der Waals surface area contributed by atoms with Crippen LogP contribution in [0, 0.1) is 15.9 Å². The number of nitro groups is 1. The predicted molar refractivity (Wildman–Crippen MR) is 71.0 cm³/mol. The summed E-state index contributed by atoms with van der Waals surface area (Å²) in [5.74, 6) is -0.633. The van der Waals surface area contributed by atoms with Crippen LogP contribution in [-0.4, -0.2) is 15.0 Å². The maximum atomic E-state index is 12.8. The molecule has 2 rings (SSSR count). The lowest BCUT2D eigenvalue weighted by molar-refractivity contribution is -0.384. The Bertz CT molecular complexity index is 631. The van der Waals surface area contributed by atoms with Gasteiger partial charge in [0, 0.05) is 0 Å². The van der Waals surface area contributed by atoms with Gasteiger partial charge in [0.05, 0.1) is 28.9 Å². The highest BCUT2D eigenvalue weighted by atomic mass is 19.1. The number of nitro benzene ring substituents is 1. The minimum absolute atomic E-state index is 0.185. The number of nitrogens with zero attached hydrogens (tertiary/aromatic N) is 2. The second-order valence-electron chi connectivity index (χ2n) is 4.23. The lowest BCUT2D eigenvalue weighted by atomic mass is 10.2. The van der Waals surface area contributed by atoms with Crippen molar-refractivity contribution in [2.45, 2.75) is 13.0 Å². The molecule has 1 unspecified atom stereocenters. The summed E-state index contributed by atoms with van der Waals surface area (Å²) in [4.78, 5) is 14.2. The first-order valence-electron chi connectivity index (χ1n) is 5.83. The molecule has 2 N–H and O–H groups in total. The van der Waals surface area contributed by atoms with E-state index < -0.39 is 10.7 Å². The Balaban J connectivity index is 2.25. The molecule has 0 saturated carbocycles. The van der Waals surface area contributed by atoms with Gasteiger partial charge in [0.2, 0.25) is 0 Å². The highest BCUT2D eigenvalue weighted by Crippen LogP contribution is 2.30. The number of benzene rings is 1. The van der Waals surface area contributed by atoms with Crippen LogP contribution in [0.15, 0.2) is 36.5 Å². The van der Waals surface area contributed by atoms with Gasteiger partial charge >= 0.3 is 0 Å². The number of pyridine rings is 1. The van der Waals surface area contributed by atoms with Crippen LogP contribution in [0.1, 0.15) is 18.7 Å². The Kier molecular flexibility index (Phi) is 3.79. The van der Waals surface area contributed by atoms with Crippen molar-refractivity contribution in [3.05, 3.63) is 58.2 Å². The molecule has 0 aliphatic carbocycles. The normalized spacial score (nSPS) is 11.9. The van der Waals surface area contributed by atoms with Crippen molar-refractivity contribution in [1.82, 2.24) is 4.98 Å². The number of aromatic nitrogens is 1. The molecule has 1 aromatic heterocycles. The zero-order valence-corrected chi connectivity index (χ0v) is 10.6. The second-order valence-corrected chi connectivity index (χ2v) is 4.23. The van der Waals surface area contributed by atoms with E-state index in [-0.39, 0.29) is 23.2 Å². The maximum absolute atomic E-state index is 12.8. The molecule has 7 heteroatoms. The molecule has 2 aromatic rings. The number of nitrogens with one attached hydrogen (secondary N) is 1. The zero-order chi connectivity index (χ0) is 14.7. The molecule has 6 nitrogen and oxygen atoms in total. The van der Waals surface area contributed by atoms with Crippen molar-refractivity contribution in [3.8, 4) is 5.75 Å². The topological polar surface area (TPSA) is 88.3 Å². The molecular formula is C13H12FN3O3. The zero-order valence-electron chi connectivity index (χ0n) is 10.6. The summed E-state index contributed by atoms with van der Waals surface area (Å²) in [6.45, 7) is 1.75. The van der Waals surface area contributed by atoms with Crippen LogP contribution in [0.4, 0.5) is 15.8 Å². The van der Waals surface area contributed by atoms with Gasteiger partial charge in [-0.3, -0.25) is 15.1 Å². The number of phenolic OH excluding ortho intramolecular Hbond substituents is 1. The molecule has 0 fully saturated rings. The van der Waals surface area contributed by atoms with Gasteiger partial charge in [-0.1, -0.05) is 0 Å². The quantitative estimate of drug-likeness (QED) is 0.509. The summed E-state index contributed by atoms with van der Waals surface area (Å²) in [5.41, 5.74) is 0.569. The predicted octanol–water partition coefficient (Wildman–Crippen LogP) is 3.01. The van der Waals surface area contributed by atoms with Crippen molar-refractivity contribution in [3.63, 3.8) is 0 Å². The van der Waals surface area contributed by atoms with Crippen LogP contribution in [0.2, 0.25) is 0 Å². The van der Waals surface area contributed by atoms with Crippen molar-refractivity contribution in [2.24, 2.45) is 0 Å². The fourth-order valence-corrected chi connectivity index (χ4v) is 1.74. The van der Waals surface area contributed by atoms with Crippen molar-refractivity contribution in [2.75, 3.05) is 5.32 Å². The van der Waals surface area contributed by atoms with Gasteiger partial charge in [0.25, 0.3) is 5.69 Å². The van der Waals surface area contributed by atoms with Gasteiger partial charge in [-0.25, -0.2) is 4.39 Å². The maximum Gasteiger partial charge on any atom is 0.296 e. The summed E-state index contributed by atoms with van der Waals surface area (Å²) in [6, 6.07) is 6.24. The summed E-state index contributed by atoms with van der Waals surface area (Å²) in [6.07, 6.45) is 1.08. The first-order chi connectivity index (χ1) is 9.47. The lowest BCUT2D eigenvalue weighted by Gasteiger charge is -2.14. The standard InChI is InChI=1S/C13H12FN3O3/c1-8(11-4-2-9(14)7-15-11)16-12-5-3-10(18)6-13(12)17(19)20/h2-8,16,18H,1H3. The molecular weight excluding hydrogens is 265 g/mol. The van der Waals surface area contributed by atoms with Crippen LogP contribution in [0.5, 0.6) is 5.75 Å². The fraction of sp³-hybridized carbons (Fsp3) is 0.154. The molecule has 0 saturated heterocycles. The SMILES string of the molecule is CC(Nc1ccc(O)cc1[N+](=O)[O-])c1ccc(F)cn1. The largest absolute Gasteiger partial charge is 0.508 e. The molecule has 0 amide bonds. The minimum atomic E-state index is -0.590. The van der Waals surface area contributed by atoms with Crippen LogP contribution in [-0.2, 0) is 0 Å².